The maximum absolute atomic E-state index is 12.7. The van der Waals surface area contributed by atoms with E-state index >= 15 is 0 Å². The van der Waals surface area contributed by atoms with Crippen molar-refractivity contribution in [2.75, 3.05) is 23.8 Å². The van der Waals surface area contributed by atoms with Gasteiger partial charge < -0.3 is 14.8 Å². The highest BCUT2D eigenvalue weighted by molar-refractivity contribution is 7.92. The summed E-state index contributed by atoms with van der Waals surface area (Å²) >= 11 is 0. The van der Waals surface area contributed by atoms with Gasteiger partial charge in [0, 0.05) is 11.8 Å². The Labute approximate surface area is 182 Å². The molecule has 0 aromatic heterocycles. The van der Waals surface area contributed by atoms with Crippen LogP contribution in [0.1, 0.15) is 11.1 Å². The van der Waals surface area contributed by atoms with Crippen LogP contribution < -0.4 is 19.5 Å². The molecule has 0 saturated carbocycles. The van der Waals surface area contributed by atoms with Gasteiger partial charge in [-0.25, -0.2) is 8.42 Å². The molecule has 0 heterocycles. The van der Waals surface area contributed by atoms with Gasteiger partial charge in [-0.05, 0) is 61.9 Å². The lowest BCUT2D eigenvalue weighted by Crippen LogP contribution is -2.20. The van der Waals surface area contributed by atoms with Gasteiger partial charge in [-0.3, -0.25) is 9.52 Å². The first-order valence-corrected chi connectivity index (χ1v) is 11.0. The Morgan fingerprint density at radius 1 is 0.935 bits per heavy atom. The average Bonchev–Trinajstić information content (AvgIpc) is 2.75. The van der Waals surface area contributed by atoms with Crippen LogP contribution in [0, 0.1) is 13.8 Å². The summed E-state index contributed by atoms with van der Waals surface area (Å²) in [5, 5.41) is 2.67. The normalized spacial score (nSPS) is 10.9. The van der Waals surface area contributed by atoms with E-state index in [9.17, 15) is 13.2 Å². The van der Waals surface area contributed by atoms with Crippen LogP contribution in [0.15, 0.2) is 71.6 Å². The van der Waals surface area contributed by atoms with Gasteiger partial charge in [-0.1, -0.05) is 23.8 Å². The molecule has 3 aromatic carbocycles. The van der Waals surface area contributed by atoms with E-state index in [1.54, 1.807) is 37.4 Å². The topological polar surface area (TPSA) is 93.7 Å². The molecule has 0 aliphatic carbocycles. The van der Waals surface area contributed by atoms with E-state index in [0.29, 0.717) is 22.9 Å². The predicted octanol–water partition coefficient (Wildman–Crippen LogP) is 4.13. The Morgan fingerprint density at radius 3 is 2.32 bits per heavy atom. The highest BCUT2D eigenvalue weighted by atomic mass is 32.2. The van der Waals surface area contributed by atoms with Crippen molar-refractivity contribution in [1.29, 1.82) is 0 Å². The van der Waals surface area contributed by atoms with Crippen LogP contribution in [0.3, 0.4) is 0 Å². The maximum atomic E-state index is 12.7. The van der Waals surface area contributed by atoms with Crippen molar-refractivity contribution in [2.24, 2.45) is 0 Å². The van der Waals surface area contributed by atoms with Crippen LogP contribution in [0.2, 0.25) is 0 Å². The minimum absolute atomic E-state index is 0.0955. The number of amides is 1. The van der Waals surface area contributed by atoms with E-state index in [4.69, 9.17) is 9.47 Å². The monoisotopic (exact) mass is 440 g/mol. The van der Waals surface area contributed by atoms with Crippen molar-refractivity contribution in [1.82, 2.24) is 0 Å². The summed E-state index contributed by atoms with van der Waals surface area (Å²) in [7, 11) is -2.20. The number of methoxy groups -OCH3 is 1. The van der Waals surface area contributed by atoms with Crippen LogP contribution in [-0.4, -0.2) is 28.0 Å². The van der Waals surface area contributed by atoms with Crippen LogP contribution >= 0.6 is 0 Å². The molecule has 31 heavy (non-hydrogen) atoms. The summed E-state index contributed by atoms with van der Waals surface area (Å²) < 4.78 is 38.5. The van der Waals surface area contributed by atoms with E-state index in [-0.39, 0.29) is 17.4 Å². The van der Waals surface area contributed by atoms with E-state index in [0.717, 1.165) is 11.1 Å². The Kier molecular flexibility index (Phi) is 6.81. The molecule has 0 spiro atoms. The number of rotatable bonds is 8. The molecular formula is C23H24N2O5S. The molecular weight excluding hydrogens is 416 g/mol. The number of hydrogen-bond acceptors (Lipinski definition) is 5. The fraction of sp³-hybridized carbons (Fsp3) is 0.174. The second-order valence-corrected chi connectivity index (χ2v) is 8.65. The zero-order valence-electron chi connectivity index (χ0n) is 17.5. The van der Waals surface area contributed by atoms with Crippen LogP contribution in [0.25, 0.3) is 0 Å². The van der Waals surface area contributed by atoms with Gasteiger partial charge in [0.25, 0.3) is 15.9 Å². The maximum Gasteiger partial charge on any atom is 0.262 e. The summed E-state index contributed by atoms with van der Waals surface area (Å²) in [5.74, 6) is 0.768. The second kappa shape index (κ2) is 9.53. The minimum atomic E-state index is -3.75. The zero-order chi connectivity index (χ0) is 22.4. The average molecular weight is 441 g/mol. The number of aryl methyl sites for hydroxylation is 2. The molecule has 162 valence electrons. The molecule has 0 fully saturated rings. The van der Waals surface area contributed by atoms with Crippen molar-refractivity contribution in [3.8, 4) is 11.5 Å². The van der Waals surface area contributed by atoms with Crippen molar-refractivity contribution >= 4 is 27.3 Å². The first-order valence-electron chi connectivity index (χ1n) is 9.54. The molecule has 3 rings (SSSR count). The van der Waals surface area contributed by atoms with Crippen molar-refractivity contribution in [3.63, 3.8) is 0 Å². The van der Waals surface area contributed by atoms with Crippen molar-refractivity contribution in [3.05, 3.63) is 77.9 Å². The summed E-state index contributed by atoms with van der Waals surface area (Å²) in [4.78, 5) is 12.2. The number of anilines is 2. The van der Waals surface area contributed by atoms with E-state index in [1.807, 2.05) is 26.0 Å². The number of carbonyl (C=O) groups is 1. The predicted molar refractivity (Wildman–Crippen MR) is 120 cm³/mol. The molecule has 1 amide bonds. The number of nitrogens with one attached hydrogen (secondary N) is 2. The van der Waals surface area contributed by atoms with Gasteiger partial charge in [0.2, 0.25) is 0 Å². The van der Waals surface area contributed by atoms with Gasteiger partial charge in [0.15, 0.2) is 6.61 Å². The third-order valence-electron chi connectivity index (χ3n) is 4.49. The number of hydrogen-bond donors (Lipinski definition) is 2. The zero-order valence-corrected chi connectivity index (χ0v) is 18.3. The van der Waals surface area contributed by atoms with Crippen LogP contribution in [-0.2, 0) is 14.8 Å². The number of benzene rings is 3. The van der Waals surface area contributed by atoms with E-state index in [2.05, 4.69) is 10.0 Å². The van der Waals surface area contributed by atoms with Gasteiger partial charge in [-0.2, -0.15) is 0 Å². The highest BCUT2D eigenvalue weighted by Crippen LogP contribution is 2.22. The fourth-order valence-corrected chi connectivity index (χ4v) is 4.02. The highest BCUT2D eigenvalue weighted by Gasteiger charge is 2.15. The number of ether oxygens (including phenoxy) is 2. The smallest absolute Gasteiger partial charge is 0.262 e. The summed E-state index contributed by atoms with van der Waals surface area (Å²) in [6, 6.07) is 18.3. The van der Waals surface area contributed by atoms with E-state index in [1.165, 1.54) is 24.3 Å². The summed E-state index contributed by atoms with van der Waals surface area (Å²) in [6.07, 6.45) is 0. The standard InChI is InChI=1S/C23H24N2O5S/c1-16-7-12-22(17(2)13-16)25-31(27,28)21-10-8-18(9-11-21)24-23(26)15-30-20-6-4-5-19(14-20)29-3/h4-14,25H,15H2,1-3H3,(H,24,26). The Hall–Kier alpha value is -3.52. The molecule has 7 nitrogen and oxygen atoms in total. The second-order valence-electron chi connectivity index (χ2n) is 6.96. The quantitative estimate of drug-likeness (QED) is 0.549. The third kappa shape index (κ3) is 5.99. The minimum Gasteiger partial charge on any atom is -0.497 e. The lowest BCUT2D eigenvalue weighted by molar-refractivity contribution is -0.118. The fourth-order valence-electron chi connectivity index (χ4n) is 2.89. The Bertz CT molecular complexity index is 1170. The van der Waals surface area contributed by atoms with Gasteiger partial charge in [-0.15, -0.1) is 0 Å². The molecule has 0 atom stereocenters. The molecule has 0 bridgehead atoms. The largest absolute Gasteiger partial charge is 0.497 e. The van der Waals surface area contributed by atoms with Crippen molar-refractivity contribution in [2.45, 2.75) is 18.7 Å². The third-order valence-corrected chi connectivity index (χ3v) is 5.87. The molecule has 0 radical (unpaired) electrons. The Morgan fingerprint density at radius 2 is 1.65 bits per heavy atom. The number of carbonyl (C=O) groups excluding carboxylic acids is 1. The van der Waals surface area contributed by atoms with Gasteiger partial charge in [0.05, 0.1) is 17.7 Å². The molecule has 0 aliphatic rings. The van der Waals surface area contributed by atoms with E-state index < -0.39 is 10.0 Å². The molecule has 8 heteroatoms. The molecule has 0 aliphatic heterocycles. The number of sulfonamides is 1. The first kappa shape index (κ1) is 22.2. The lowest BCUT2D eigenvalue weighted by atomic mass is 10.1. The van der Waals surface area contributed by atoms with Gasteiger partial charge in [0.1, 0.15) is 11.5 Å². The lowest BCUT2D eigenvalue weighted by Gasteiger charge is -2.12. The van der Waals surface area contributed by atoms with Gasteiger partial charge >= 0.3 is 0 Å². The molecule has 3 aromatic rings. The summed E-state index contributed by atoms with van der Waals surface area (Å²) in [6.45, 7) is 3.60. The summed E-state index contributed by atoms with van der Waals surface area (Å²) in [5.41, 5.74) is 2.88. The molecule has 0 saturated heterocycles. The SMILES string of the molecule is COc1cccc(OCC(=O)Nc2ccc(S(=O)(=O)Nc3ccc(C)cc3C)cc2)c1. The first-order chi connectivity index (χ1) is 14.8. The Balaban J connectivity index is 1.60. The van der Waals surface area contributed by atoms with Crippen LogP contribution in [0.5, 0.6) is 11.5 Å². The van der Waals surface area contributed by atoms with Crippen molar-refractivity contribution < 1.29 is 22.7 Å². The molecule has 2 N–H and O–H groups in total. The molecule has 0 unspecified atom stereocenters. The van der Waals surface area contributed by atoms with Crippen LogP contribution in [0.4, 0.5) is 11.4 Å².